The van der Waals surface area contributed by atoms with Crippen molar-refractivity contribution in [3.8, 4) is 0 Å². The number of pyridine rings is 1. The average Bonchev–Trinajstić information content (AvgIpc) is 2.87. The maximum absolute atomic E-state index is 11.8. The van der Waals surface area contributed by atoms with Gasteiger partial charge in [0.25, 0.3) is 0 Å². The molecule has 3 aromatic rings. The third kappa shape index (κ3) is 5.45. The van der Waals surface area contributed by atoms with Gasteiger partial charge in [0.05, 0.1) is 11.6 Å². The highest BCUT2D eigenvalue weighted by Gasteiger charge is 2.25. The van der Waals surface area contributed by atoms with Gasteiger partial charge in [-0.2, -0.15) is 4.73 Å². The Labute approximate surface area is 205 Å². The molecule has 2 heterocycles. The molecule has 0 saturated carbocycles. The largest absolute Gasteiger partial charge is 0.619 e. The van der Waals surface area contributed by atoms with Gasteiger partial charge in [-0.25, -0.2) is 0 Å². The molecule has 182 valence electrons. The van der Waals surface area contributed by atoms with E-state index in [1.54, 1.807) is 19.1 Å². The number of piperidine rings is 1. The van der Waals surface area contributed by atoms with E-state index in [-0.39, 0.29) is 11.8 Å². The van der Waals surface area contributed by atoms with Crippen LogP contribution >= 0.6 is 0 Å². The Kier molecular flexibility index (Phi) is 7.34. The lowest BCUT2D eigenvalue weighted by atomic mass is 9.83. The van der Waals surface area contributed by atoms with Crippen molar-refractivity contribution >= 4 is 17.4 Å². The maximum Gasteiger partial charge on any atom is 0.306 e. The van der Waals surface area contributed by atoms with Gasteiger partial charge in [0.2, 0.25) is 0 Å². The average molecular weight is 474 g/mol. The van der Waals surface area contributed by atoms with E-state index in [0.717, 1.165) is 40.2 Å². The summed E-state index contributed by atoms with van der Waals surface area (Å²) in [5.74, 6) is -1.01. The molecule has 1 fully saturated rings. The van der Waals surface area contributed by atoms with E-state index >= 15 is 0 Å². The lowest BCUT2D eigenvalue weighted by molar-refractivity contribution is -0.612. The predicted molar refractivity (Wildman–Crippen MR) is 135 cm³/mol. The van der Waals surface area contributed by atoms with Crippen LogP contribution in [0.3, 0.4) is 0 Å². The molecular formula is C28H31N3O4. The molecule has 4 rings (SSSR count). The van der Waals surface area contributed by atoms with Gasteiger partial charge in [-0.1, -0.05) is 41.6 Å². The summed E-state index contributed by atoms with van der Waals surface area (Å²) in [5.41, 5.74) is 6.24. The number of oxime groups is 1. The number of carbonyl (C=O) groups is 1. The van der Waals surface area contributed by atoms with Crippen LogP contribution in [-0.4, -0.2) is 35.1 Å². The first-order chi connectivity index (χ1) is 16.9. The molecule has 1 atom stereocenters. The molecule has 7 heteroatoms. The zero-order valence-corrected chi connectivity index (χ0v) is 20.1. The Hall–Kier alpha value is -3.87. The number of aryl methyl sites for hydroxylation is 2. The van der Waals surface area contributed by atoms with Crippen LogP contribution in [0, 0.1) is 25.0 Å². The van der Waals surface area contributed by atoms with E-state index < -0.39 is 5.97 Å². The lowest BCUT2D eigenvalue weighted by Gasteiger charge is -2.32. The second-order valence-corrected chi connectivity index (χ2v) is 9.23. The highest BCUT2D eigenvalue weighted by molar-refractivity contribution is 6.00. The van der Waals surface area contributed by atoms with Crippen molar-refractivity contribution < 1.29 is 19.8 Å². The second-order valence-electron chi connectivity index (χ2n) is 9.23. The SMILES string of the molecule is Cc1ccccc1C(C/C(=N\O)c1cc[n+]([O-])c(C)c1)c1ccc(N2CCC(C(=O)O)CC2)cc1. The summed E-state index contributed by atoms with van der Waals surface area (Å²) in [6.45, 7) is 5.26. The number of aromatic nitrogens is 1. The topological polar surface area (TPSA) is 100 Å². The van der Waals surface area contributed by atoms with Crippen molar-refractivity contribution in [2.45, 2.75) is 39.0 Å². The molecule has 35 heavy (non-hydrogen) atoms. The van der Waals surface area contributed by atoms with E-state index in [4.69, 9.17) is 0 Å². The van der Waals surface area contributed by atoms with Gasteiger partial charge in [-0.05, 0) is 48.6 Å². The fraction of sp³-hybridized carbons (Fsp3) is 0.321. The highest BCUT2D eigenvalue weighted by Crippen LogP contribution is 2.33. The standard InChI is InChI=1S/C28H31N3O4/c1-19-5-3-4-6-25(19)26(18-27(29-34)23-13-16-31(35)20(2)17-23)21-7-9-24(10-8-21)30-14-11-22(12-15-30)28(32)33/h3-10,13,16-17,22,26,34H,11-12,14-15,18H2,1-2H3,(H,32,33)/b29-27+. The van der Waals surface area contributed by atoms with Crippen molar-refractivity contribution in [2.75, 3.05) is 18.0 Å². The van der Waals surface area contributed by atoms with Crippen LogP contribution in [0.1, 0.15) is 53.1 Å². The molecule has 1 unspecified atom stereocenters. The van der Waals surface area contributed by atoms with Gasteiger partial charge in [0.1, 0.15) is 0 Å². The second kappa shape index (κ2) is 10.6. The van der Waals surface area contributed by atoms with Crippen LogP contribution in [0.2, 0.25) is 0 Å². The van der Waals surface area contributed by atoms with Crippen LogP contribution in [0.5, 0.6) is 0 Å². The molecule has 1 aliphatic rings. The summed E-state index contributed by atoms with van der Waals surface area (Å²) in [7, 11) is 0. The number of aliphatic carboxylic acids is 1. The van der Waals surface area contributed by atoms with Crippen LogP contribution in [0.25, 0.3) is 0 Å². The third-order valence-corrected chi connectivity index (χ3v) is 7.02. The number of anilines is 1. The van der Waals surface area contributed by atoms with E-state index in [9.17, 15) is 20.3 Å². The van der Waals surface area contributed by atoms with Crippen molar-refractivity contribution in [1.82, 2.24) is 0 Å². The lowest BCUT2D eigenvalue weighted by Crippen LogP contribution is -2.36. The van der Waals surface area contributed by atoms with Gasteiger partial charge < -0.3 is 20.4 Å². The smallest absolute Gasteiger partial charge is 0.306 e. The maximum atomic E-state index is 11.8. The molecule has 0 radical (unpaired) electrons. The number of hydrogen-bond acceptors (Lipinski definition) is 5. The molecule has 1 saturated heterocycles. The first kappa shape index (κ1) is 24.3. The number of nitrogens with zero attached hydrogens (tertiary/aromatic N) is 3. The van der Waals surface area contributed by atoms with Crippen LogP contribution in [0.4, 0.5) is 5.69 Å². The molecule has 2 aromatic carbocycles. The molecule has 0 spiro atoms. The monoisotopic (exact) mass is 473 g/mol. The minimum absolute atomic E-state index is 0.0474. The van der Waals surface area contributed by atoms with Gasteiger partial charge in [-0.3, -0.25) is 4.79 Å². The van der Waals surface area contributed by atoms with E-state index in [2.05, 4.69) is 53.4 Å². The Bertz CT molecular complexity index is 1220. The van der Waals surface area contributed by atoms with Crippen molar-refractivity contribution in [3.05, 3.63) is 100 Å². The minimum atomic E-state index is -0.707. The zero-order valence-electron chi connectivity index (χ0n) is 20.1. The molecule has 7 nitrogen and oxygen atoms in total. The zero-order chi connectivity index (χ0) is 24.9. The summed E-state index contributed by atoms with van der Waals surface area (Å²) in [4.78, 5) is 13.5. The van der Waals surface area contributed by atoms with Crippen LogP contribution in [-0.2, 0) is 4.79 Å². The number of rotatable bonds is 7. The summed E-state index contributed by atoms with van der Waals surface area (Å²) in [6.07, 6.45) is 3.20. The van der Waals surface area contributed by atoms with Gasteiger partial charge in [0, 0.05) is 55.7 Å². The molecule has 1 aliphatic heterocycles. The summed E-state index contributed by atoms with van der Waals surface area (Å²) in [5, 5.41) is 34.5. The van der Waals surface area contributed by atoms with Crippen molar-refractivity contribution in [2.24, 2.45) is 11.1 Å². The predicted octanol–water partition coefficient (Wildman–Crippen LogP) is 4.64. The number of benzene rings is 2. The van der Waals surface area contributed by atoms with E-state index in [1.807, 2.05) is 12.1 Å². The molecule has 0 bridgehead atoms. The number of carboxylic acid groups (broad SMARTS) is 1. The number of carboxylic acids is 1. The molecule has 2 N–H and O–H groups in total. The fourth-order valence-corrected chi connectivity index (χ4v) is 4.88. The first-order valence-electron chi connectivity index (χ1n) is 11.9. The Morgan fingerprint density at radius 3 is 2.40 bits per heavy atom. The van der Waals surface area contributed by atoms with Gasteiger partial charge in [-0.15, -0.1) is 0 Å². The van der Waals surface area contributed by atoms with Gasteiger partial charge >= 0.3 is 5.97 Å². The summed E-state index contributed by atoms with van der Waals surface area (Å²) in [6, 6.07) is 20.0. The first-order valence-corrected chi connectivity index (χ1v) is 11.9. The highest BCUT2D eigenvalue weighted by atomic mass is 16.5. The Morgan fingerprint density at radius 1 is 1.11 bits per heavy atom. The Balaban J connectivity index is 1.62. The van der Waals surface area contributed by atoms with Crippen molar-refractivity contribution in [3.63, 3.8) is 0 Å². The summed E-state index contributed by atoms with van der Waals surface area (Å²) >= 11 is 0. The van der Waals surface area contributed by atoms with Gasteiger partial charge in [0.15, 0.2) is 11.9 Å². The van der Waals surface area contributed by atoms with Crippen LogP contribution < -0.4 is 9.63 Å². The number of hydrogen-bond donors (Lipinski definition) is 2. The fourth-order valence-electron chi connectivity index (χ4n) is 4.88. The summed E-state index contributed by atoms with van der Waals surface area (Å²) < 4.78 is 0.787. The normalized spacial score (nSPS) is 15.7. The molecule has 0 aliphatic carbocycles. The van der Waals surface area contributed by atoms with Crippen molar-refractivity contribution in [1.29, 1.82) is 0 Å². The van der Waals surface area contributed by atoms with E-state index in [0.29, 0.717) is 36.2 Å². The quantitative estimate of drug-likeness (QED) is 0.171. The third-order valence-electron chi connectivity index (χ3n) is 7.02. The van der Waals surface area contributed by atoms with E-state index in [1.165, 1.54) is 6.20 Å². The molecule has 1 aromatic heterocycles. The Morgan fingerprint density at radius 2 is 1.80 bits per heavy atom. The molecular weight excluding hydrogens is 442 g/mol. The minimum Gasteiger partial charge on any atom is -0.619 e. The van der Waals surface area contributed by atoms with Crippen LogP contribution in [0.15, 0.2) is 72.0 Å². The molecule has 0 amide bonds.